The van der Waals surface area contributed by atoms with E-state index in [1.165, 1.54) is 18.2 Å². The summed E-state index contributed by atoms with van der Waals surface area (Å²) in [6.45, 7) is 0.205. The average molecular weight is 342 g/mol. The van der Waals surface area contributed by atoms with Crippen LogP contribution in [-0.4, -0.2) is 21.0 Å². The van der Waals surface area contributed by atoms with E-state index in [2.05, 4.69) is 26.2 Å². The van der Waals surface area contributed by atoms with Gasteiger partial charge in [-0.15, -0.1) is 0 Å². The smallest absolute Gasteiger partial charge is 0.371 e. The summed E-state index contributed by atoms with van der Waals surface area (Å²) in [5, 5.41) is 22.2. The molecule has 0 radical (unpaired) electrons. The molecule has 0 amide bonds. The highest BCUT2D eigenvalue weighted by atomic mass is 79.9. The van der Waals surface area contributed by atoms with Crippen LogP contribution in [-0.2, 0) is 6.54 Å². The first-order chi connectivity index (χ1) is 9.47. The molecular formula is C11H8BrN3O5. The van der Waals surface area contributed by atoms with Crippen LogP contribution in [0.5, 0.6) is 0 Å². The molecule has 0 bridgehead atoms. The van der Waals surface area contributed by atoms with Gasteiger partial charge in [0.2, 0.25) is 5.76 Å². The number of aromatic carboxylic acids is 1. The molecule has 8 nitrogen and oxygen atoms in total. The molecule has 0 aliphatic carbocycles. The lowest BCUT2D eigenvalue weighted by Crippen LogP contribution is -2.02. The number of pyridine rings is 1. The zero-order valence-electron chi connectivity index (χ0n) is 9.87. The number of furan rings is 1. The maximum absolute atomic E-state index is 10.6. The first-order valence-corrected chi connectivity index (χ1v) is 6.12. The van der Waals surface area contributed by atoms with Crippen molar-refractivity contribution in [1.82, 2.24) is 4.98 Å². The molecule has 0 saturated carbocycles. The SMILES string of the molecule is O=C(O)c1ccc(CNc2ncc([N+](=O)[O-])cc2Br)o1. The predicted octanol–water partition coefficient (Wildman–Crippen LogP) is 2.66. The Morgan fingerprint density at radius 3 is 2.85 bits per heavy atom. The van der Waals surface area contributed by atoms with Gasteiger partial charge in [0, 0.05) is 6.07 Å². The van der Waals surface area contributed by atoms with Crippen LogP contribution in [0.1, 0.15) is 16.3 Å². The van der Waals surface area contributed by atoms with E-state index in [-0.39, 0.29) is 18.0 Å². The summed E-state index contributed by atoms with van der Waals surface area (Å²) in [5.74, 6) is -0.498. The van der Waals surface area contributed by atoms with Crippen LogP contribution in [0.3, 0.4) is 0 Å². The number of carboxylic acids is 1. The molecule has 0 atom stereocenters. The number of nitro groups is 1. The van der Waals surface area contributed by atoms with Crippen molar-refractivity contribution in [3.63, 3.8) is 0 Å². The van der Waals surface area contributed by atoms with Gasteiger partial charge in [-0.05, 0) is 28.1 Å². The van der Waals surface area contributed by atoms with Crippen LogP contribution in [0.4, 0.5) is 11.5 Å². The highest BCUT2D eigenvalue weighted by Crippen LogP contribution is 2.24. The molecule has 2 N–H and O–H groups in total. The molecule has 0 unspecified atom stereocenters. The van der Waals surface area contributed by atoms with Crippen LogP contribution in [0, 0.1) is 10.1 Å². The molecule has 0 aliphatic rings. The van der Waals surface area contributed by atoms with Crippen molar-refractivity contribution in [2.75, 3.05) is 5.32 Å². The van der Waals surface area contributed by atoms with Gasteiger partial charge < -0.3 is 14.8 Å². The largest absolute Gasteiger partial charge is 0.475 e. The third kappa shape index (κ3) is 3.12. The van der Waals surface area contributed by atoms with Crippen LogP contribution in [0.25, 0.3) is 0 Å². The number of halogens is 1. The number of hydrogen-bond donors (Lipinski definition) is 2. The Kier molecular flexibility index (Phi) is 3.99. The Balaban J connectivity index is 2.06. The molecule has 0 saturated heterocycles. The number of rotatable bonds is 5. The number of carboxylic acid groups (broad SMARTS) is 1. The fourth-order valence-electron chi connectivity index (χ4n) is 1.42. The zero-order valence-corrected chi connectivity index (χ0v) is 11.5. The van der Waals surface area contributed by atoms with E-state index in [0.717, 1.165) is 6.20 Å². The number of nitrogens with zero attached hydrogens (tertiary/aromatic N) is 2. The minimum Gasteiger partial charge on any atom is -0.475 e. The van der Waals surface area contributed by atoms with Gasteiger partial charge in [0.25, 0.3) is 5.69 Å². The molecule has 9 heteroatoms. The summed E-state index contributed by atoms with van der Waals surface area (Å²) in [5.41, 5.74) is -0.131. The summed E-state index contributed by atoms with van der Waals surface area (Å²) in [6, 6.07) is 4.19. The lowest BCUT2D eigenvalue weighted by Gasteiger charge is -2.05. The highest BCUT2D eigenvalue weighted by Gasteiger charge is 2.12. The predicted molar refractivity (Wildman–Crippen MR) is 71.6 cm³/mol. The zero-order chi connectivity index (χ0) is 14.7. The van der Waals surface area contributed by atoms with Gasteiger partial charge in [-0.25, -0.2) is 9.78 Å². The van der Waals surface area contributed by atoms with Gasteiger partial charge in [0.15, 0.2) is 0 Å². The molecule has 0 aliphatic heterocycles. The van der Waals surface area contributed by atoms with Crippen LogP contribution >= 0.6 is 15.9 Å². The van der Waals surface area contributed by atoms with E-state index in [1.54, 1.807) is 0 Å². The first-order valence-electron chi connectivity index (χ1n) is 5.33. The van der Waals surface area contributed by atoms with E-state index < -0.39 is 10.9 Å². The van der Waals surface area contributed by atoms with Gasteiger partial charge in [-0.3, -0.25) is 10.1 Å². The summed E-state index contributed by atoms with van der Waals surface area (Å²) in [4.78, 5) is 24.6. The Hall–Kier alpha value is -2.42. The lowest BCUT2D eigenvalue weighted by atomic mass is 10.4. The topological polar surface area (TPSA) is 119 Å². The van der Waals surface area contributed by atoms with Crippen molar-refractivity contribution in [2.24, 2.45) is 0 Å². The summed E-state index contributed by atoms with van der Waals surface area (Å²) in [6.07, 6.45) is 1.12. The average Bonchev–Trinajstić information content (AvgIpc) is 2.86. The van der Waals surface area contributed by atoms with Crippen molar-refractivity contribution in [1.29, 1.82) is 0 Å². The minimum atomic E-state index is -1.15. The standard InChI is InChI=1S/C11H8BrN3O5/c12-8-3-6(15(18)19)4-13-10(8)14-5-7-1-2-9(20-7)11(16)17/h1-4H,5H2,(H,13,14)(H,16,17). The molecule has 0 spiro atoms. The Bertz CT molecular complexity index is 670. The van der Waals surface area contributed by atoms with Crippen molar-refractivity contribution >= 4 is 33.4 Å². The number of aromatic nitrogens is 1. The first kappa shape index (κ1) is 14.0. The van der Waals surface area contributed by atoms with Crippen molar-refractivity contribution in [3.05, 3.63) is 50.5 Å². The molecule has 2 rings (SSSR count). The van der Waals surface area contributed by atoms with Crippen molar-refractivity contribution < 1.29 is 19.2 Å². The maximum Gasteiger partial charge on any atom is 0.371 e. The molecular weight excluding hydrogens is 334 g/mol. The second-order valence-corrected chi connectivity index (χ2v) is 4.56. The Labute approximate surface area is 120 Å². The third-order valence-electron chi connectivity index (χ3n) is 2.34. The Morgan fingerprint density at radius 2 is 2.30 bits per heavy atom. The van der Waals surface area contributed by atoms with Crippen molar-refractivity contribution in [3.8, 4) is 0 Å². The number of carbonyl (C=O) groups is 1. The fraction of sp³-hybridized carbons (Fsp3) is 0.0909. The normalized spacial score (nSPS) is 10.2. The van der Waals surface area contributed by atoms with Crippen LogP contribution in [0.2, 0.25) is 0 Å². The van der Waals surface area contributed by atoms with Crippen molar-refractivity contribution in [2.45, 2.75) is 6.54 Å². The van der Waals surface area contributed by atoms with Gasteiger partial charge in [0.05, 0.1) is 15.9 Å². The van der Waals surface area contributed by atoms with Gasteiger partial charge >= 0.3 is 5.97 Å². The number of hydrogen-bond acceptors (Lipinski definition) is 6. The lowest BCUT2D eigenvalue weighted by molar-refractivity contribution is -0.385. The molecule has 2 heterocycles. The van der Waals surface area contributed by atoms with Crippen LogP contribution < -0.4 is 5.32 Å². The number of anilines is 1. The summed E-state index contributed by atoms with van der Waals surface area (Å²) >= 11 is 3.16. The summed E-state index contributed by atoms with van der Waals surface area (Å²) in [7, 11) is 0. The second-order valence-electron chi connectivity index (χ2n) is 3.71. The monoisotopic (exact) mass is 341 g/mol. The van der Waals surface area contributed by atoms with Gasteiger partial charge in [-0.2, -0.15) is 0 Å². The maximum atomic E-state index is 10.6. The molecule has 2 aromatic heterocycles. The quantitative estimate of drug-likeness (QED) is 0.633. The van der Waals surface area contributed by atoms with E-state index in [1.807, 2.05) is 0 Å². The van der Waals surface area contributed by atoms with Gasteiger partial charge in [0.1, 0.15) is 17.8 Å². The van der Waals surface area contributed by atoms with Crippen LogP contribution in [0.15, 0.2) is 33.3 Å². The number of nitrogens with one attached hydrogen (secondary N) is 1. The van der Waals surface area contributed by atoms with E-state index in [9.17, 15) is 14.9 Å². The molecule has 0 fully saturated rings. The Morgan fingerprint density at radius 1 is 1.55 bits per heavy atom. The fourth-order valence-corrected chi connectivity index (χ4v) is 1.89. The third-order valence-corrected chi connectivity index (χ3v) is 2.94. The minimum absolute atomic E-state index is 0.131. The second kappa shape index (κ2) is 5.70. The molecule has 2 aromatic rings. The molecule has 104 valence electrons. The van der Waals surface area contributed by atoms with E-state index in [0.29, 0.717) is 16.1 Å². The summed E-state index contributed by atoms with van der Waals surface area (Å²) < 4.78 is 5.48. The van der Waals surface area contributed by atoms with E-state index >= 15 is 0 Å². The molecule has 0 aromatic carbocycles. The molecule has 20 heavy (non-hydrogen) atoms. The highest BCUT2D eigenvalue weighted by molar-refractivity contribution is 9.10. The van der Waals surface area contributed by atoms with E-state index in [4.69, 9.17) is 9.52 Å². The van der Waals surface area contributed by atoms with Gasteiger partial charge in [-0.1, -0.05) is 0 Å².